The third-order valence-electron chi connectivity index (χ3n) is 1.73. The number of hydrogen-bond acceptors (Lipinski definition) is 4. The Morgan fingerprint density at radius 2 is 1.78 bits per heavy atom. The van der Waals surface area contributed by atoms with Crippen molar-refractivity contribution in [2.75, 3.05) is 0 Å². The lowest BCUT2D eigenvalue weighted by molar-refractivity contribution is -0.140. The molecule has 0 saturated heterocycles. The molecule has 7 heteroatoms. The summed E-state index contributed by atoms with van der Waals surface area (Å²) in [6, 6.07) is 3.33. The van der Waals surface area contributed by atoms with Crippen LogP contribution in [0, 0.1) is 0 Å². The normalized spacial score (nSPS) is 10.6. The maximum atomic E-state index is 11.5. The van der Waals surface area contributed by atoms with Crippen LogP contribution in [0.3, 0.4) is 0 Å². The van der Waals surface area contributed by atoms with E-state index in [2.05, 4.69) is 10.7 Å². The minimum atomic E-state index is -0.908. The van der Waals surface area contributed by atoms with E-state index in [0.717, 1.165) is 0 Å². The maximum Gasteiger partial charge on any atom is 0.327 e. The molecule has 0 saturated carbocycles. The molecule has 3 N–H and O–H groups in total. The highest BCUT2D eigenvalue weighted by molar-refractivity contribution is 7.12. The van der Waals surface area contributed by atoms with Crippen molar-refractivity contribution in [3.63, 3.8) is 0 Å². The van der Waals surface area contributed by atoms with E-state index in [1.165, 1.54) is 11.3 Å². The van der Waals surface area contributed by atoms with Gasteiger partial charge in [0.2, 0.25) is 0 Å². The van der Waals surface area contributed by atoms with Crippen molar-refractivity contribution >= 4 is 29.1 Å². The van der Waals surface area contributed by atoms with Gasteiger partial charge in [0.25, 0.3) is 5.91 Å². The molecule has 0 radical (unpaired) electrons. The van der Waals surface area contributed by atoms with E-state index in [0.29, 0.717) is 4.88 Å². The number of hydrazine groups is 1. The van der Waals surface area contributed by atoms with Crippen LogP contribution in [0.15, 0.2) is 17.5 Å². The molecule has 1 rings (SSSR count). The van der Waals surface area contributed by atoms with Crippen LogP contribution >= 0.6 is 11.3 Å². The molecule has 98 valence electrons. The predicted molar refractivity (Wildman–Crippen MR) is 67.8 cm³/mol. The maximum absolute atomic E-state index is 11.5. The van der Waals surface area contributed by atoms with Gasteiger partial charge >= 0.3 is 11.8 Å². The zero-order chi connectivity index (χ0) is 13.8. The quantitative estimate of drug-likeness (QED) is 0.510. The van der Waals surface area contributed by atoms with Crippen LogP contribution in [0.1, 0.15) is 30.4 Å². The standard InChI is InChI=1S/C11H15N3O3S/c1-11(2,3)12-9(16)10(17)14-13-8(15)7-5-4-6-18-7/h4-6H,1-3H3,(H,12,16)(H,13,15)(H,14,17). The Hall–Kier alpha value is -1.89. The van der Waals surface area contributed by atoms with E-state index in [9.17, 15) is 14.4 Å². The Balaban J connectivity index is 2.42. The van der Waals surface area contributed by atoms with Crippen LogP contribution < -0.4 is 16.2 Å². The molecule has 1 aromatic rings. The Labute approximate surface area is 109 Å². The van der Waals surface area contributed by atoms with Gasteiger partial charge in [-0.1, -0.05) is 6.07 Å². The number of amides is 3. The second kappa shape index (κ2) is 5.63. The van der Waals surface area contributed by atoms with Crippen molar-refractivity contribution in [2.45, 2.75) is 26.3 Å². The smallest absolute Gasteiger partial charge is 0.327 e. The zero-order valence-corrected chi connectivity index (χ0v) is 11.2. The molecule has 18 heavy (non-hydrogen) atoms. The lowest BCUT2D eigenvalue weighted by Crippen LogP contribution is -2.52. The van der Waals surface area contributed by atoms with E-state index in [1.807, 2.05) is 5.43 Å². The summed E-state index contributed by atoms with van der Waals surface area (Å²) in [6.45, 7) is 5.26. The highest BCUT2D eigenvalue weighted by Gasteiger charge is 2.20. The van der Waals surface area contributed by atoms with Gasteiger partial charge in [-0.3, -0.25) is 25.2 Å². The lowest BCUT2D eigenvalue weighted by Gasteiger charge is -2.19. The molecule has 0 spiro atoms. The Bertz CT molecular complexity index is 449. The molecule has 0 bridgehead atoms. The molecule has 0 atom stereocenters. The molecular weight excluding hydrogens is 254 g/mol. The largest absolute Gasteiger partial charge is 0.343 e. The van der Waals surface area contributed by atoms with Gasteiger partial charge in [-0.05, 0) is 32.2 Å². The SMILES string of the molecule is CC(C)(C)NC(=O)C(=O)NNC(=O)c1cccs1. The first-order chi connectivity index (χ1) is 8.29. The summed E-state index contributed by atoms with van der Waals surface area (Å²) >= 11 is 1.24. The molecule has 0 aromatic carbocycles. The number of thiophene rings is 1. The van der Waals surface area contributed by atoms with E-state index in [4.69, 9.17) is 0 Å². The number of carbonyl (C=O) groups is 3. The van der Waals surface area contributed by atoms with Crippen LogP contribution in [0.4, 0.5) is 0 Å². The summed E-state index contributed by atoms with van der Waals surface area (Å²) in [6.07, 6.45) is 0. The fourth-order valence-corrected chi connectivity index (χ4v) is 1.66. The van der Waals surface area contributed by atoms with Crippen molar-refractivity contribution in [3.8, 4) is 0 Å². The fourth-order valence-electron chi connectivity index (χ4n) is 1.04. The second-order valence-corrected chi connectivity index (χ2v) is 5.54. The Kier molecular flexibility index (Phi) is 4.43. The number of rotatable bonds is 1. The van der Waals surface area contributed by atoms with E-state index in [-0.39, 0.29) is 0 Å². The van der Waals surface area contributed by atoms with Crippen LogP contribution in [-0.2, 0) is 9.59 Å². The molecule has 6 nitrogen and oxygen atoms in total. The summed E-state index contributed by atoms with van der Waals surface area (Å²) in [4.78, 5) is 34.7. The van der Waals surface area contributed by atoms with Crippen molar-refractivity contribution in [1.82, 2.24) is 16.2 Å². The molecule has 0 unspecified atom stereocenters. The first kappa shape index (κ1) is 14.2. The summed E-state index contributed by atoms with van der Waals surface area (Å²) in [5, 5.41) is 4.22. The van der Waals surface area contributed by atoms with Gasteiger partial charge in [-0.2, -0.15) is 0 Å². The minimum absolute atomic E-state index is 0.450. The van der Waals surface area contributed by atoms with Crippen LogP contribution in [0.2, 0.25) is 0 Å². The number of carbonyl (C=O) groups excluding carboxylic acids is 3. The molecule has 3 amide bonds. The van der Waals surface area contributed by atoms with Crippen molar-refractivity contribution in [2.24, 2.45) is 0 Å². The molecule has 0 aliphatic carbocycles. The minimum Gasteiger partial charge on any atom is -0.343 e. The highest BCUT2D eigenvalue weighted by atomic mass is 32.1. The van der Waals surface area contributed by atoms with Gasteiger partial charge in [0.05, 0.1) is 4.88 Å². The number of nitrogens with one attached hydrogen (secondary N) is 3. The summed E-state index contributed by atoms with van der Waals surface area (Å²) in [7, 11) is 0. The van der Waals surface area contributed by atoms with Gasteiger partial charge < -0.3 is 5.32 Å². The summed E-state index contributed by atoms with van der Waals surface area (Å²) in [5.41, 5.74) is 3.70. The topological polar surface area (TPSA) is 87.3 Å². The fraction of sp³-hybridized carbons (Fsp3) is 0.364. The van der Waals surface area contributed by atoms with Crippen LogP contribution in [0.25, 0.3) is 0 Å². The third kappa shape index (κ3) is 4.54. The average Bonchev–Trinajstić information content (AvgIpc) is 2.76. The Morgan fingerprint density at radius 3 is 2.28 bits per heavy atom. The Morgan fingerprint density at radius 1 is 1.11 bits per heavy atom. The molecule has 0 aliphatic rings. The summed E-state index contributed by atoms with van der Waals surface area (Å²) < 4.78 is 0. The van der Waals surface area contributed by atoms with Gasteiger partial charge in [0.1, 0.15) is 0 Å². The van der Waals surface area contributed by atoms with Gasteiger partial charge in [0.15, 0.2) is 0 Å². The molecule has 0 aliphatic heterocycles. The average molecular weight is 269 g/mol. The first-order valence-electron chi connectivity index (χ1n) is 5.26. The summed E-state index contributed by atoms with van der Waals surface area (Å²) in [5.74, 6) is -2.16. The van der Waals surface area contributed by atoms with Crippen molar-refractivity contribution in [3.05, 3.63) is 22.4 Å². The monoisotopic (exact) mass is 269 g/mol. The third-order valence-corrected chi connectivity index (χ3v) is 2.60. The van der Waals surface area contributed by atoms with E-state index >= 15 is 0 Å². The molecule has 1 aromatic heterocycles. The zero-order valence-electron chi connectivity index (χ0n) is 10.4. The van der Waals surface area contributed by atoms with E-state index < -0.39 is 23.3 Å². The van der Waals surface area contributed by atoms with Gasteiger partial charge in [-0.25, -0.2) is 0 Å². The highest BCUT2D eigenvalue weighted by Crippen LogP contribution is 2.06. The molecule has 0 fully saturated rings. The van der Waals surface area contributed by atoms with Crippen LogP contribution in [0.5, 0.6) is 0 Å². The van der Waals surface area contributed by atoms with Crippen LogP contribution in [-0.4, -0.2) is 23.3 Å². The van der Waals surface area contributed by atoms with Crippen molar-refractivity contribution in [1.29, 1.82) is 0 Å². The second-order valence-electron chi connectivity index (χ2n) is 4.59. The van der Waals surface area contributed by atoms with Crippen molar-refractivity contribution < 1.29 is 14.4 Å². The van der Waals surface area contributed by atoms with Gasteiger partial charge in [-0.15, -0.1) is 11.3 Å². The van der Waals surface area contributed by atoms with Gasteiger partial charge in [0, 0.05) is 5.54 Å². The molecule has 1 heterocycles. The lowest BCUT2D eigenvalue weighted by atomic mass is 10.1. The number of hydrogen-bond donors (Lipinski definition) is 3. The first-order valence-corrected chi connectivity index (χ1v) is 6.14. The van der Waals surface area contributed by atoms with E-state index in [1.54, 1.807) is 38.3 Å². The predicted octanol–water partition coefficient (Wildman–Crippen LogP) is 0.424. The molecular formula is C11H15N3O3S.